The highest BCUT2D eigenvalue weighted by Crippen LogP contribution is 2.24. The smallest absolute Gasteiger partial charge is 0.257 e. The fourth-order valence-electron chi connectivity index (χ4n) is 3.24. The van der Waals surface area contributed by atoms with E-state index < -0.39 is 0 Å². The minimum atomic E-state index is 0.0209. The molecule has 0 unspecified atom stereocenters. The zero-order valence-electron chi connectivity index (χ0n) is 17.2. The number of ether oxygens (including phenoxy) is 1. The van der Waals surface area contributed by atoms with Crippen LogP contribution in [0.3, 0.4) is 0 Å². The molecule has 0 atom stereocenters. The highest BCUT2D eigenvalue weighted by Gasteiger charge is 2.15. The summed E-state index contributed by atoms with van der Waals surface area (Å²) >= 11 is 12.3. The van der Waals surface area contributed by atoms with E-state index in [0.717, 1.165) is 67.5 Å². The van der Waals surface area contributed by atoms with Gasteiger partial charge in [-0.1, -0.05) is 68.8 Å². The number of benzene rings is 1. The molecule has 0 aliphatic heterocycles. The van der Waals surface area contributed by atoms with Gasteiger partial charge in [0.1, 0.15) is 5.75 Å². The lowest BCUT2D eigenvalue weighted by atomic mass is 10.1. The van der Waals surface area contributed by atoms with Crippen LogP contribution < -0.4 is 10.3 Å². The van der Waals surface area contributed by atoms with Gasteiger partial charge in [-0.3, -0.25) is 4.79 Å². The highest BCUT2D eigenvalue weighted by molar-refractivity contribution is 6.35. The van der Waals surface area contributed by atoms with Gasteiger partial charge in [0.25, 0.3) is 5.56 Å². The molecule has 0 saturated carbocycles. The van der Waals surface area contributed by atoms with E-state index in [2.05, 4.69) is 13.8 Å². The fraction of sp³-hybridized carbons (Fsp3) is 0.522. The second-order valence-electron chi connectivity index (χ2n) is 7.27. The van der Waals surface area contributed by atoms with Crippen LogP contribution in [-0.2, 0) is 13.0 Å². The van der Waals surface area contributed by atoms with E-state index >= 15 is 0 Å². The number of hydrogen-bond acceptors (Lipinski definition) is 2. The van der Waals surface area contributed by atoms with Gasteiger partial charge in [0.15, 0.2) is 0 Å². The van der Waals surface area contributed by atoms with Crippen molar-refractivity contribution in [1.82, 2.24) is 4.57 Å². The van der Waals surface area contributed by atoms with Gasteiger partial charge >= 0.3 is 0 Å². The average molecular weight is 424 g/mol. The van der Waals surface area contributed by atoms with Crippen molar-refractivity contribution < 1.29 is 4.74 Å². The van der Waals surface area contributed by atoms with Crippen LogP contribution in [0, 0.1) is 6.92 Å². The van der Waals surface area contributed by atoms with Crippen molar-refractivity contribution in [3.8, 4) is 5.75 Å². The topological polar surface area (TPSA) is 31.2 Å². The van der Waals surface area contributed by atoms with Crippen LogP contribution in [0.4, 0.5) is 0 Å². The lowest BCUT2D eigenvalue weighted by molar-refractivity contribution is 0.301. The standard InChI is InChI=1S/C23H31Cl2NO2/c1-4-6-8-10-20-22(28-13-9-7-5-2)14-17(3)26(23(20)27)16-18-11-12-19(24)15-21(18)25/h11-12,14-15H,4-10,13,16H2,1-3H3. The molecule has 0 amide bonds. The lowest BCUT2D eigenvalue weighted by Gasteiger charge is -2.17. The Morgan fingerprint density at radius 3 is 2.39 bits per heavy atom. The Kier molecular flexibility index (Phi) is 9.40. The molecule has 0 radical (unpaired) electrons. The molecule has 0 bridgehead atoms. The van der Waals surface area contributed by atoms with Gasteiger partial charge in [0.05, 0.1) is 18.7 Å². The van der Waals surface area contributed by atoms with Gasteiger partial charge in [-0.2, -0.15) is 0 Å². The van der Waals surface area contributed by atoms with Crippen molar-refractivity contribution in [3.05, 3.63) is 61.5 Å². The average Bonchev–Trinajstić information content (AvgIpc) is 2.66. The Labute approximate surface area is 178 Å². The number of aryl methyl sites for hydroxylation is 1. The summed E-state index contributed by atoms with van der Waals surface area (Å²) in [4.78, 5) is 13.3. The first-order valence-electron chi connectivity index (χ1n) is 10.3. The number of unbranched alkanes of at least 4 members (excludes halogenated alkanes) is 4. The molecule has 0 N–H and O–H groups in total. The van der Waals surface area contributed by atoms with Crippen LogP contribution in [0.25, 0.3) is 0 Å². The number of pyridine rings is 1. The number of nitrogens with zero attached hydrogens (tertiary/aromatic N) is 1. The van der Waals surface area contributed by atoms with Crippen LogP contribution in [0.5, 0.6) is 5.75 Å². The molecule has 154 valence electrons. The maximum Gasteiger partial charge on any atom is 0.257 e. The van der Waals surface area contributed by atoms with Crippen molar-refractivity contribution in [3.63, 3.8) is 0 Å². The quantitative estimate of drug-likeness (QED) is 0.371. The minimum Gasteiger partial charge on any atom is -0.493 e. The van der Waals surface area contributed by atoms with Gasteiger partial charge < -0.3 is 9.30 Å². The summed E-state index contributed by atoms with van der Waals surface area (Å²) in [5.74, 6) is 0.744. The predicted octanol–water partition coefficient (Wildman–Crippen LogP) is 6.81. The SMILES string of the molecule is CCCCCOc1cc(C)n(Cc2ccc(Cl)cc2Cl)c(=O)c1CCCCC. The minimum absolute atomic E-state index is 0.0209. The monoisotopic (exact) mass is 423 g/mol. The van der Waals surface area contributed by atoms with E-state index in [4.69, 9.17) is 27.9 Å². The maximum absolute atomic E-state index is 13.3. The van der Waals surface area contributed by atoms with E-state index in [9.17, 15) is 4.79 Å². The van der Waals surface area contributed by atoms with Gasteiger partial charge in [0, 0.05) is 15.7 Å². The third-order valence-corrected chi connectivity index (χ3v) is 5.53. The number of halogens is 2. The summed E-state index contributed by atoms with van der Waals surface area (Å²) < 4.78 is 7.81. The van der Waals surface area contributed by atoms with E-state index in [-0.39, 0.29) is 5.56 Å². The van der Waals surface area contributed by atoms with Gasteiger partial charge in [-0.05, 0) is 49.9 Å². The summed E-state index contributed by atoms with van der Waals surface area (Å²) in [7, 11) is 0. The number of rotatable bonds is 11. The molecular formula is C23H31Cl2NO2. The third kappa shape index (κ3) is 6.28. The normalized spacial score (nSPS) is 11.0. The Hall–Kier alpha value is -1.45. The highest BCUT2D eigenvalue weighted by atomic mass is 35.5. The summed E-state index contributed by atoms with van der Waals surface area (Å²) in [5, 5.41) is 1.17. The van der Waals surface area contributed by atoms with Crippen molar-refractivity contribution in [1.29, 1.82) is 0 Å². The first-order chi connectivity index (χ1) is 13.5. The Morgan fingerprint density at radius 1 is 1.00 bits per heavy atom. The Bertz CT molecular complexity index is 830. The van der Waals surface area contributed by atoms with Crippen LogP contribution in [0.2, 0.25) is 10.0 Å². The molecule has 0 aliphatic rings. The molecule has 1 aromatic carbocycles. The predicted molar refractivity (Wildman–Crippen MR) is 119 cm³/mol. The molecule has 5 heteroatoms. The lowest BCUT2D eigenvalue weighted by Crippen LogP contribution is -2.27. The summed E-state index contributed by atoms with van der Waals surface area (Å²) in [6.45, 7) is 7.36. The van der Waals surface area contributed by atoms with Crippen LogP contribution in [0.15, 0.2) is 29.1 Å². The van der Waals surface area contributed by atoms with Gasteiger partial charge in [0.2, 0.25) is 0 Å². The van der Waals surface area contributed by atoms with Crippen LogP contribution in [0.1, 0.15) is 69.2 Å². The molecule has 0 fully saturated rings. The van der Waals surface area contributed by atoms with E-state index in [1.165, 1.54) is 0 Å². The van der Waals surface area contributed by atoms with Gasteiger partial charge in [-0.15, -0.1) is 0 Å². The number of hydrogen-bond donors (Lipinski definition) is 0. The second kappa shape index (κ2) is 11.5. The Morgan fingerprint density at radius 2 is 1.71 bits per heavy atom. The fourth-order valence-corrected chi connectivity index (χ4v) is 3.71. The van der Waals surface area contributed by atoms with Crippen molar-refractivity contribution >= 4 is 23.2 Å². The molecule has 0 saturated heterocycles. The molecule has 3 nitrogen and oxygen atoms in total. The first kappa shape index (κ1) is 22.8. The van der Waals surface area contributed by atoms with E-state index in [1.807, 2.05) is 19.1 Å². The molecule has 0 spiro atoms. The zero-order valence-corrected chi connectivity index (χ0v) is 18.7. The second-order valence-corrected chi connectivity index (χ2v) is 8.11. The summed E-state index contributed by atoms with van der Waals surface area (Å²) in [5.41, 5.74) is 2.56. The van der Waals surface area contributed by atoms with Crippen molar-refractivity contribution in [2.45, 2.75) is 72.3 Å². The van der Waals surface area contributed by atoms with Crippen LogP contribution >= 0.6 is 23.2 Å². The summed E-state index contributed by atoms with van der Waals surface area (Å²) in [6, 6.07) is 7.39. The molecular weight excluding hydrogens is 393 g/mol. The summed E-state index contributed by atoms with van der Waals surface area (Å²) in [6.07, 6.45) is 7.24. The Balaban J connectivity index is 2.34. The van der Waals surface area contributed by atoms with E-state index in [1.54, 1.807) is 16.7 Å². The molecule has 2 aromatic rings. The zero-order chi connectivity index (χ0) is 20.5. The molecule has 1 aromatic heterocycles. The van der Waals surface area contributed by atoms with E-state index in [0.29, 0.717) is 23.2 Å². The third-order valence-electron chi connectivity index (χ3n) is 4.95. The van der Waals surface area contributed by atoms with Crippen molar-refractivity contribution in [2.24, 2.45) is 0 Å². The molecule has 2 rings (SSSR count). The number of aromatic nitrogens is 1. The van der Waals surface area contributed by atoms with Crippen molar-refractivity contribution in [2.75, 3.05) is 6.61 Å². The largest absolute Gasteiger partial charge is 0.493 e. The molecule has 28 heavy (non-hydrogen) atoms. The maximum atomic E-state index is 13.3. The molecule has 1 heterocycles. The van der Waals surface area contributed by atoms with Gasteiger partial charge in [-0.25, -0.2) is 0 Å². The molecule has 0 aliphatic carbocycles. The van der Waals surface area contributed by atoms with Crippen LogP contribution in [-0.4, -0.2) is 11.2 Å². The first-order valence-corrected chi connectivity index (χ1v) is 11.0.